The van der Waals surface area contributed by atoms with E-state index in [9.17, 15) is 14.4 Å². The number of aliphatic carboxylic acids is 1. The third-order valence-corrected chi connectivity index (χ3v) is 5.98. The van der Waals surface area contributed by atoms with Gasteiger partial charge < -0.3 is 25.4 Å². The lowest BCUT2D eigenvalue weighted by Gasteiger charge is -2.34. The molecule has 1 heterocycles. The summed E-state index contributed by atoms with van der Waals surface area (Å²) in [5.41, 5.74) is 6.31. The summed E-state index contributed by atoms with van der Waals surface area (Å²) in [6, 6.07) is 5.24. The Hall–Kier alpha value is -3.10. The van der Waals surface area contributed by atoms with E-state index in [1.54, 1.807) is 23.1 Å². The zero-order chi connectivity index (χ0) is 23.1. The lowest BCUT2D eigenvalue weighted by molar-refractivity contribution is -0.137. The number of nitrogens with zero attached hydrogens (tertiary/aromatic N) is 2. The molecule has 0 atom stereocenters. The molecule has 1 fully saturated rings. The van der Waals surface area contributed by atoms with Crippen LogP contribution in [0.3, 0.4) is 0 Å². The van der Waals surface area contributed by atoms with Crippen molar-refractivity contribution in [2.24, 2.45) is 5.73 Å². The summed E-state index contributed by atoms with van der Waals surface area (Å²) in [7, 11) is 0. The van der Waals surface area contributed by atoms with E-state index >= 15 is 0 Å². The van der Waals surface area contributed by atoms with Crippen molar-refractivity contribution in [3.63, 3.8) is 0 Å². The van der Waals surface area contributed by atoms with Crippen LogP contribution in [0.1, 0.15) is 68.1 Å². The van der Waals surface area contributed by atoms with E-state index in [1.807, 2.05) is 0 Å². The normalized spacial score (nSPS) is 17.1. The van der Waals surface area contributed by atoms with Crippen LogP contribution in [0.2, 0.25) is 0 Å². The number of hydrogen-bond donors (Lipinski definition) is 3. The average molecular weight is 445 g/mol. The molecule has 0 unspecified atom stereocenters. The number of ether oxygens (including phenoxy) is 1. The third-order valence-electron chi connectivity index (χ3n) is 5.98. The number of hydrogen-bond acceptors (Lipinski definition) is 5. The molecule has 9 heteroatoms. The number of fused-ring (bicyclic) bond motifs is 1. The zero-order valence-corrected chi connectivity index (χ0v) is 18.3. The third kappa shape index (κ3) is 5.99. The molecule has 3 rings (SSSR count). The van der Waals surface area contributed by atoms with Gasteiger partial charge in [0.05, 0.1) is 30.1 Å². The molecule has 1 aromatic carbocycles. The van der Waals surface area contributed by atoms with Gasteiger partial charge in [-0.1, -0.05) is 19.3 Å². The topological polar surface area (TPSA) is 137 Å². The van der Waals surface area contributed by atoms with Crippen molar-refractivity contribution in [1.29, 1.82) is 5.41 Å². The summed E-state index contributed by atoms with van der Waals surface area (Å²) in [5.74, 6) is -0.866. The van der Waals surface area contributed by atoms with Gasteiger partial charge in [-0.15, -0.1) is 0 Å². The van der Waals surface area contributed by atoms with E-state index < -0.39 is 5.97 Å². The fraction of sp³-hybridized carbons (Fsp3) is 0.565. The molecule has 1 aromatic rings. The predicted octanol–water partition coefficient (Wildman–Crippen LogP) is 2.77. The number of carboxylic acids is 1. The largest absolute Gasteiger partial charge is 0.494 e. The van der Waals surface area contributed by atoms with Crippen LogP contribution in [-0.4, -0.2) is 59.4 Å². The van der Waals surface area contributed by atoms with Crippen molar-refractivity contribution >= 4 is 29.3 Å². The zero-order valence-electron chi connectivity index (χ0n) is 18.3. The van der Waals surface area contributed by atoms with Crippen molar-refractivity contribution in [2.75, 3.05) is 24.6 Å². The number of anilines is 1. The second-order valence-electron chi connectivity index (χ2n) is 8.44. The molecule has 0 saturated heterocycles. The van der Waals surface area contributed by atoms with Crippen LogP contribution in [-0.2, 0) is 9.59 Å². The van der Waals surface area contributed by atoms with E-state index in [1.165, 1.54) is 4.90 Å². The molecule has 0 spiro atoms. The molecule has 9 nitrogen and oxygen atoms in total. The average Bonchev–Trinajstić information content (AvgIpc) is 2.86. The van der Waals surface area contributed by atoms with Crippen LogP contribution in [0.4, 0.5) is 5.69 Å². The fourth-order valence-corrected chi connectivity index (χ4v) is 4.36. The maximum atomic E-state index is 13.3. The highest BCUT2D eigenvalue weighted by atomic mass is 16.5. The van der Waals surface area contributed by atoms with E-state index in [2.05, 4.69) is 0 Å². The van der Waals surface area contributed by atoms with Gasteiger partial charge in [-0.3, -0.25) is 19.8 Å². The monoisotopic (exact) mass is 444 g/mol. The Kier molecular flexibility index (Phi) is 8.08. The van der Waals surface area contributed by atoms with Gasteiger partial charge in [0.15, 0.2) is 0 Å². The highest BCUT2D eigenvalue weighted by molar-refractivity contribution is 6.10. The maximum Gasteiger partial charge on any atom is 0.305 e. The summed E-state index contributed by atoms with van der Waals surface area (Å²) in [6.07, 6.45) is 6.78. The van der Waals surface area contributed by atoms with Gasteiger partial charge in [-0.05, 0) is 43.9 Å². The molecule has 4 N–H and O–H groups in total. The van der Waals surface area contributed by atoms with Crippen molar-refractivity contribution in [3.8, 4) is 5.75 Å². The quantitative estimate of drug-likeness (QED) is 0.288. The van der Waals surface area contributed by atoms with Crippen LogP contribution in [0.5, 0.6) is 5.75 Å². The van der Waals surface area contributed by atoms with E-state index in [0.29, 0.717) is 30.0 Å². The Balaban J connectivity index is 1.84. The van der Waals surface area contributed by atoms with Crippen molar-refractivity contribution in [1.82, 2.24) is 4.90 Å². The molecule has 174 valence electrons. The molecule has 1 aliphatic carbocycles. The van der Waals surface area contributed by atoms with Gasteiger partial charge in [-0.25, -0.2) is 0 Å². The number of rotatable bonds is 10. The first-order valence-corrected chi connectivity index (χ1v) is 11.3. The minimum atomic E-state index is -1.01. The Bertz CT molecular complexity index is 866. The SMILES string of the molecule is N=C(N)CCCCOc1ccc2c(c1)C(=O)N(CCC(=O)O)CC(=O)N2C1CCCCC1. The molecule has 0 aromatic heterocycles. The first-order chi connectivity index (χ1) is 15.4. The highest BCUT2D eigenvalue weighted by Gasteiger charge is 2.36. The Morgan fingerprint density at radius 2 is 1.91 bits per heavy atom. The van der Waals surface area contributed by atoms with Crippen LogP contribution >= 0.6 is 0 Å². The molecule has 1 aliphatic heterocycles. The fourth-order valence-electron chi connectivity index (χ4n) is 4.36. The second kappa shape index (κ2) is 11.0. The Labute approximate surface area is 188 Å². The summed E-state index contributed by atoms with van der Waals surface area (Å²) < 4.78 is 5.80. The minimum Gasteiger partial charge on any atom is -0.494 e. The van der Waals surface area contributed by atoms with E-state index in [4.69, 9.17) is 21.0 Å². The summed E-state index contributed by atoms with van der Waals surface area (Å²) in [6.45, 7) is 0.279. The molecule has 1 saturated carbocycles. The number of amidine groups is 1. The number of amides is 2. The molecule has 32 heavy (non-hydrogen) atoms. The predicted molar refractivity (Wildman–Crippen MR) is 120 cm³/mol. The summed E-state index contributed by atoms with van der Waals surface area (Å²) in [4.78, 5) is 40.6. The standard InChI is InChI=1S/C23H32N4O5/c24-20(25)8-4-5-13-32-17-9-10-19-18(14-17)23(31)26(12-11-22(29)30)15-21(28)27(19)16-6-2-1-3-7-16/h9-10,14,16H,1-8,11-13,15H2,(H3,24,25)(H,29,30). The van der Waals surface area contributed by atoms with Gasteiger partial charge in [0.25, 0.3) is 5.91 Å². The van der Waals surface area contributed by atoms with Gasteiger partial charge in [0, 0.05) is 19.0 Å². The molecule has 2 amide bonds. The highest BCUT2D eigenvalue weighted by Crippen LogP contribution is 2.34. The lowest BCUT2D eigenvalue weighted by atomic mass is 9.93. The Morgan fingerprint density at radius 1 is 1.16 bits per heavy atom. The van der Waals surface area contributed by atoms with Gasteiger partial charge in [-0.2, -0.15) is 0 Å². The lowest BCUT2D eigenvalue weighted by Crippen LogP contribution is -2.45. The smallest absolute Gasteiger partial charge is 0.305 e. The molecular weight excluding hydrogens is 412 g/mol. The number of carboxylic acid groups (broad SMARTS) is 1. The van der Waals surface area contributed by atoms with Crippen LogP contribution in [0, 0.1) is 5.41 Å². The van der Waals surface area contributed by atoms with Crippen molar-refractivity contribution < 1.29 is 24.2 Å². The van der Waals surface area contributed by atoms with Crippen molar-refractivity contribution in [2.45, 2.75) is 63.8 Å². The van der Waals surface area contributed by atoms with Gasteiger partial charge >= 0.3 is 5.97 Å². The molecule has 2 aliphatic rings. The van der Waals surface area contributed by atoms with Crippen LogP contribution in [0.15, 0.2) is 18.2 Å². The first-order valence-electron chi connectivity index (χ1n) is 11.3. The summed E-state index contributed by atoms with van der Waals surface area (Å²) >= 11 is 0. The number of carbonyl (C=O) groups is 3. The Morgan fingerprint density at radius 3 is 2.59 bits per heavy atom. The molecule has 0 radical (unpaired) electrons. The van der Waals surface area contributed by atoms with E-state index in [0.717, 1.165) is 44.9 Å². The van der Waals surface area contributed by atoms with Gasteiger partial charge in [0.1, 0.15) is 12.3 Å². The maximum absolute atomic E-state index is 13.3. The van der Waals surface area contributed by atoms with Crippen molar-refractivity contribution in [3.05, 3.63) is 23.8 Å². The first kappa shape index (κ1) is 23.6. The second-order valence-corrected chi connectivity index (χ2v) is 8.44. The number of nitrogens with two attached hydrogens (primary N) is 1. The molecule has 0 bridgehead atoms. The number of nitrogens with one attached hydrogen (secondary N) is 1. The number of benzene rings is 1. The summed E-state index contributed by atoms with van der Waals surface area (Å²) in [5, 5.41) is 16.3. The van der Waals surface area contributed by atoms with Crippen LogP contribution < -0.4 is 15.4 Å². The van der Waals surface area contributed by atoms with E-state index in [-0.39, 0.29) is 43.2 Å². The minimum absolute atomic E-state index is 0.0199. The number of unbranched alkanes of at least 4 members (excludes halogenated alkanes) is 1. The van der Waals surface area contributed by atoms with Gasteiger partial charge in [0.2, 0.25) is 5.91 Å². The van der Waals surface area contributed by atoms with Crippen LogP contribution in [0.25, 0.3) is 0 Å². The number of carbonyl (C=O) groups excluding carboxylic acids is 2. The molecular formula is C23H32N4O5.